The molecule has 1 N–H and O–H groups in total. The highest BCUT2D eigenvalue weighted by molar-refractivity contribution is 6.21. The Morgan fingerprint density at radius 3 is 2.10 bits per heavy atom. The molecule has 248 valence electrons. The Labute approximate surface area is 283 Å². The van der Waals surface area contributed by atoms with Crippen LogP contribution in [0.25, 0.3) is 11.1 Å². The zero-order valence-corrected chi connectivity index (χ0v) is 27.9. The van der Waals surface area contributed by atoms with Crippen molar-refractivity contribution in [3.05, 3.63) is 125 Å². The number of amides is 3. The summed E-state index contributed by atoms with van der Waals surface area (Å²) in [4.78, 5) is 42.0. The van der Waals surface area contributed by atoms with Crippen LogP contribution in [0, 0.1) is 0 Å². The first kappa shape index (κ1) is 33.1. The molecular formula is C40H45N4O4+. The number of para-hydroxylation sites is 1. The predicted molar refractivity (Wildman–Crippen MR) is 188 cm³/mol. The zero-order chi connectivity index (χ0) is 33.5. The normalized spacial score (nSPS) is 15.4. The van der Waals surface area contributed by atoms with Crippen molar-refractivity contribution in [2.24, 2.45) is 0 Å². The smallest absolute Gasteiger partial charge is 0.411 e. The minimum atomic E-state index is -0.408. The summed E-state index contributed by atoms with van der Waals surface area (Å²) in [6.45, 7) is 4.92. The molecule has 6 rings (SSSR count). The number of fused-ring (bicyclic) bond motifs is 1. The fourth-order valence-electron chi connectivity index (χ4n) is 6.85. The number of nitrogens with one attached hydrogen (secondary N) is 1. The lowest BCUT2D eigenvalue weighted by Gasteiger charge is -2.32. The van der Waals surface area contributed by atoms with Crippen LogP contribution in [-0.2, 0) is 17.8 Å². The van der Waals surface area contributed by atoms with E-state index in [0.29, 0.717) is 17.7 Å². The third-order valence-electron chi connectivity index (χ3n) is 9.34. The highest BCUT2D eigenvalue weighted by Crippen LogP contribution is 2.28. The molecule has 3 amide bonds. The topological polar surface area (TPSA) is 79.0 Å². The van der Waals surface area contributed by atoms with Gasteiger partial charge in [0.25, 0.3) is 11.8 Å². The van der Waals surface area contributed by atoms with Crippen LogP contribution in [0.5, 0.6) is 0 Å². The van der Waals surface area contributed by atoms with Crippen LogP contribution in [0.15, 0.2) is 103 Å². The molecule has 8 heteroatoms. The van der Waals surface area contributed by atoms with Gasteiger partial charge in [-0.1, -0.05) is 78.9 Å². The molecule has 0 radical (unpaired) electrons. The van der Waals surface area contributed by atoms with E-state index in [4.69, 9.17) is 4.74 Å². The van der Waals surface area contributed by atoms with Crippen molar-refractivity contribution in [1.82, 2.24) is 9.80 Å². The summed E-state index contributed by atoms with van der Waals surface area (Å²) < 4.78 is 6.66. The summed E-state index contributed by atoms with van der Waals surface area (Å²) in [5.74, 6) is -0.354. The van der Waals surface area contributed by atoms with Crippen LogP contribution in [-0.4, -0.2) is 78.6 Å². The summed E-state index contributed by atoms with van der Waals surface area (Å²) in [5, 5.41) is 2.96. The fourth-order valence-corrected chi connectivity index (χ4v) is 6.85. The third kappa shape index (κ3) is 8.19. The van der Waals surface area contributed by atoms with E-state index in [-0.39, 0.29) is 17.9 Å². The standard InChI is InChI=1S/C40H44N4O4/c1-44(2,26-11-10-23-43-38(45)35-18-6-7-19-36(35)39(43)46)29-31-14-12-13-30(27-31)28-42-24-21-33(22-25-42)48-40(47)41-37-20-9-8-17-34(37)32-15-4-3-5-16-32/h3-9,12-20,27,33H,10-11,21-26,28-29H2,1-2H3/p+1. The van der Waals surface area contributed by atoms with Crippen molar-refractivity contribution in [2.75, 3.05) is 45.6 Å². The molecule has 1 saturated heterocycles. The van der Waals surface area contributed by atoms with Crippen LogP contribution < -0.4 is 5.32 Å². The lowest BCUT2D eigenvalue weighted by molar-refractivity contribution is -0.903. The maximum Gasteiger partial charge on any atom is 0.411 e. The van der Waals surface area contributed by atoms with Gasteiger partial charge in [0, 0.05) is 37.3 Å². The maximum atomic E-state index is 12.8. The van der Waals surface area contributed by atoms with Crippen LogP contribution >= 0.6 is 0 Å². The molecule has 1 fully saturated rings. The van der Waals surface area contributed by atoms with Gasteiger partial charge in [0.05, 0.1) is 37.5 Å². The highest BCUT2D eigenvalue weighted by Gasteiger charge is 2.34. The predicted octanol–water partition coefficient (Wildman–Crippen LogP) is 7.22. The zero-order valence-electron chi connectivity index (χ0n) is 27.9. The number of anilines is 1. The second kappa shape index (κ2) is 15.0. The van der Waals surface area contributed by atoms with E-state index >= 15 is 0 Å². The lowest BCUT2D eigenvalue weighted by Crippen LogP contribution is -2.40. The Balaban J connectivity index is 0.926. The van der Waals surface area contributed by atoms with Gasteiger partial charge in [-0.3, -0.25) is 24.7 Å². The molecule has 0 bridgehead atoms. The van der Waals surface area contributed by atoms with Gasteiger partial charge in [-0.25, -0.2) is 4.79 Å². The van der Waals surface area contributed by atoms with Crippen molar-refractivity contribution in [3.63, 3.8) is 0 Å². The average Bonchev–Trinajstić information content (AvgIpc) is 3.33. The molecule has 8 nitrogen and oxygen atoms in total. The summed E-state index contributed by atoms with van der Waals surface area (Å²) >= 11 is 0. The molecule has 0 atom stereocenters. The van der Waals surface area contributed by atoms with Gasteiger partial charge >= 0.3 is 6.09 Å². The van der Waals surface area contributed by atoms with Crippen LogP contribution in [0.4, 0.5) is 10.5 Å². The lowest BCUT2D eigenvalue weighted by atomic mass is 10.0. The summed E-state index contributed by atoms with van der Waals surface area (Å²) in [6.07, 6.45) is 2.81. The Bertz CT molecular complexity index is 1710. The number of ether oxygens (including phenoxy) is 1. The number of carbonyl (C=O) groups is 3. The Morgan fingerprint density at radius 1 is 0.771 bits per heavy atom. The monoisotopic (exact) mass is 645 g/mol. The number of nitrogens with zero attached hydrogens (tertiary/aromatic N) is 3. The van der Waals surface area contributed by atoms with E-state index in [1.165, 1.54) is 16.0 Å². The molecule has 0 aliphatic carbocycles. The molecular weight excluding hydrogens is 600 g/mol. The molecule has 4 aromatic rings. The molecule has 0 saturated carbocycles. The summed E-state index contributed by atoms with van der Waals surface area (Å²) in [6, 6.07) is 33.7. The number of hydrogen-bond acceptors (Lipinski definition) is 5. The number of hydrogen-bond donors (Lipinski definition) is 1. The number of piperidine rings is 1. The van der Waals surface area contributed by atoms with Gasteiger partial charge in [-0.15, -0.1) is 0 Å². The van der Waals surface area contributed by atoms with Gasteiger partial charge in [0.2, 0.25) is 0 Å². The molecule has 4 aromatic carbocycles. The third-order valence-corrected chi connectivity index (χ3v) is 9.34. The van der Waals surface area contributed by atoms with Gasteiger partial charge in [0.1, 0.15) is 12.6 Å². The van der Waals surface area contributed by atoms with Crippen LogP contribution in [0.3, 0.4) is 0 Å². The first-order chi connectivity index (χ1) is 23.3. The van der Waals surface area contributed by atoms with Crippen LogP contribution in [0.2, 0.25) is 0 Å². The molecule has 0 spiro atoms. The number of carbonyl (C=O) groups excluding carboxylic acids is 3. The van der Waals surface area contributed by atoms with Crippen molar-refractivity contribution in [2.45, 2.75) is 44.9 Å². The number of imide groups is 1. The summed E-state index contributed by atoms with van der Waals surface area (Å²) in [5.41, 5.74) is 6.37. The second-order valence-electron chi connectivity index (χ2n) is 13.6. The van der Waals surface area contributed by atoms with E-state index < -0.39 is 6.09 Å². The average molecular weight is 646 g/mol. The molecule has 2 aliphatic rings. The first-order valence-corrected chi connectivity index (χ1v) is 17.0. The molecule has 2 aliphatic heterocycles. The number of unbranched alkanes of at least 4 members (excludes halogenated alkanes) is 1. The van der Waals surface area contributed by atoms with Gasteiger partial charge < -0.3 is 9.22 Å². The highest BCUT2D eigenvalue weighted by atomic mass is 16.6. The Kier molecular flexibility index (Phi) is 10.3. The minimum absolute atomic E-state index is 0.105. The number of likely N-dealkylation sites (tertiary alicyclic amines) is 1. The Hall–Kier alpha value is -4.79. The van der Waals surface area contributed by atoms with Gasteiger partial charge in [-0.2, -0.15) is 0 Å². The van der Waals surface area contributed by atoms with Crippen molar-refractivity contribution < 1.29 is 23.6 Å². The molecule has 0 unspecified atom stereocenters. The number of rotatable bonds is 12. The minimum Gasteiger partial charge on any atom is -0.446 e. The van der Waals surface area contributed by atoms with E-state index in [2.05, 4.69) is 48.6 Å². The van der Waals surface area contributed by atoms with Crippen LogP contribution in [0.1, 0.15) is 57.5 Å². The van der Waals surface area contributed by atoms with E-state index in [1.54, 1.807) is 24.3 Å². The fraction of sp³-hybridized carbons (Fsp3) is 0.325. The second-order valence-corrected chi connectivity index (χ2v) is 13.6. The van der Waals surface area contributed by atoms with Gasteiger partial charge in [0.15, 0.2) is 0 Å². The van der Waals surface area contributed by atoms with E-state index in [9.17, 15) is 14.4 Å². The molecule has 2 heterocycles. The molecule has 0 aromatic heterocycles. The molecule has 48 heavy (non-hydrogen) atoms. The number of benzene rings is 4. The van der Waals surface area contributed by atoms with Gasteiger partial charge in [-0.05, 0) is 61.1 Å². The SMILES string of the molecule is C[N+](C)(CCCCN1C(=O)c2ccccc2C1=O)Cc1cccc(CN2CCC(OC(=O)Nc3ccccc3-c3ccccc3)CC2)c1. The van der Waals surface area contributed by atoms with Crippen molar-refractivity contribution in [1.29, 1.82) is 0 Å². The van der Waals surface area contributed by atoms with Crippen molar-refractivity contribution >= 4 is 23.6 Å². The van der Waals surface area contributed by atoms with Crippen molar-refractivity contribution in [3.8, 4) is 11.1 Å². The quantitative estimate of drug-likeness (QED) is 0.100. The largest absolute Gasteiger partial charge is 0.446 e. The maximum absolute atomic E-state index is 12.8. The summed E-state index contributed by atoms with van der Waals surface area (Å²) in [7, 11) is 4.46. The first-order valence-electron chi connectivity index (χ1n) is 17.0. The van der Waals surface area contributed by atoms with E-state index in [1.807, 2.05) is 54.6 Å². The Morgan fingerprint density at radius 2 is 1.40 bits per heavy atom. The number of quaternary nitrogens is 1. The van der Waals surface area contributed by atoms with E-state index in [0.717, 1.165) is 79.7 Å².